The number of benzene rings is 4. The summed E-state index contributed by atoms with van der Waals surface area (Å²) in [5, 5.41) is 1.95. The van der Waals surface area contributed by atoms with E-state index in [-0.39, 0.29) is 11.6 Å². The second-order valence-electron chi connectivity index (χ2n) is 8.93. The molecular formula is C33H23NO2. The first-order valence-electron chi connectivity index (χ1n) is 12.0. The van der Waals surface area contributed by atoms with Gasteiger partial charge < -0.3 is 4.40 Å². The molecule has 2 heterocycles. The quantitative estimate of drug-likeness (QED) is 0.247. The van der Waals surface area contributed by atoms with E-state index >= 15 is 0 Å². The molecule has 0 amide bonds. The van der Waals surface area contributed by atoms with Crippen LogP contribution in [0.15, 0.2) is 121 Å². The van der Waals surface area contributed by atoms with Crippen LogP contribution >= 0.6 is 0 Å². The fraction of sp³-hybridized carbons (Fsp3) is 0.0303. The number of aromatic nitrogens is 1. The van der Waals surface area contributed by atoms with Crippen molar-refractivity contribution in [1.82, 2.24) is 4.40 Å². The molecule has 4 aromatic carbocycles. The molecule has 3 nitrogen and oxygen atoms in total. The molecule has 0 aliphatic heterocycles. The van der Waals surface area contributed by atoms with Gasteiger partial charge in [0.15, 0.2) is 5.78 Å². The lowest BCUT2D eigenvalue weighted by atomic mass is 9.91. The van der Waals surface area contributed by atoms with Crippen molar-refractivity contribution in [3.63, 3.8) is 0 Å². The first-order chi connectivity index (χ1) is 17.6. The molecule has 36 heavy (non-hydrogen) atoms. The van der Waals surface area contributed by atoms with Crippen LogP contribution in [0.1, 0.15) is 37.5 Å². The van der Waals surface area contributed by atoms with E-state index in [2.05, 4.69) is 0 Å². The van der Waals surface area contributed by atoms with Gasteiger partial charge in [0, 0.05) is 28.3 Å². The van der Waals surface area contributed by atoms with Crippen molar-refractivity contribution in [1.29, 1.82) is 0 Å². The summed E-state index contributed by atoms with van der Waals surface area (Å²) < 4.78 is 1.91. The molecule has 0 aliphatic carbocycles. The van der Waals surface area contributed by atoms with Crippen molar-refractivity contribution in [2.75, 3.05) is 0 Å². The third-order valence-corrected chi connectivity index (χ3v) is 6.75. The SMILES string of the molecule is Cc1ccccc1C(=O)c1c(-c2ccccc2)c(C(=O)c2ccccc2)n2ccc3ccccc3c12. The molecule has 0 radical (unpaired) electrons. The van der Waals surface area contributed by atoms with Gasteiger partial charge in [-0.25, -0.2) is 0 Å². The van der Waals surface area contributed by atoms with Crippen molar-refractivity contribution >= 4 is 27.9 Å². The normalized spacial score (nSPS) is 11.1. The number of nitrogens with zero attached hydrogens (tertiary/aromatic N) is 1. The van der Waals surface area contributed by atoms with Gasteiger partial charge in [-0.2, -0.15) is 0 Å². The Morgan fingerprint density at radius 2 is 1.28 bits per heavy atom. The largest absolute Gasteiger partial charge is 0.312 e. The van der Waals surface area contributed by atoms with Gasteiger partial charge in [0.1, 0.15) is 5.69 Å². The number of carbonyl (C=O) groups is 2. The van der Waals surface area contributed by atoms with Crippen LogP contribution in [0.2, 0.25) is 0 Å². The zero-order chi connectivity index (χ0) is 24.6. The van der Waals surface area contributed by atoms with Gasteiger partial charge in [-0.1, -0.05) is 109 Å². The van der Waals surface area contributed by atoms with Crippen molar-refractivity contribution < 1.29 is 9.59 Å². The van der Waals surface area contributed by atoms with Crippen molar-refractivity contribution in [2.45, 2.75) is 6.92 Å². The smallest absolute Gasteiger partial charge is 0.210 e. The van der Waals surface area contributed by atoms with E-state index in [0.717, 1.165) is 27.4 Å². The highest BCUT2D eigenvalue weighted by Gasteiger charge is 2.30. The minimum Gasteiger partial charge on any atom is -0.312 e. The lowest BCUT2D eigenvalue weighted by Crippen LogP contribution is -2.08. The molecule has 0 aliphatic rings. The maximum atomic E-state index is 14.4. The molecule has 0 spiro atoms. The summed E-state index contributed by atoms with van der Waals surface area (Å²) in [5.41, 5.74) is 5.40. The predicted octanol–water partition coefficient (Wildman–Crippen LogP) is 7.53. The van der Waals surface area contributed by atoms with Crippen LogP contribution in [0.4, 0.5) is 0 Å². The van der Waals surface area contributed by atoms with Gasteiger partial charge in [-0.3, -0.25) is 9.59 Å². The molecule has 0 fully saturated rings. The minimum atomic E-state index is -0.122. The number of carbonyl (C=O) groups excluding carboxylic acids is 2. The first kappa shape index (κ1) is 21.8. The standard InChI is InChI=1S/C33H23NO2/c1-22-12-8-10-18-26(22)33(36)29-28(24-14-4-2-5-15-24)31(32(35)25-16-6-3-7-17-25)34-21-20-23-13-9-11-19-27(23)30(29)34/h2-21H,1H3. The highest BCUT2D eigenvalue weighted by Crippen LogP contribution is 2.39. The van der Waals surface area contributed by atoms with Crippen molar-refractivity contribution in [2.24, 2.45) is 0 Å². The van der Waals surface area contributed by atoms with Gasteiger partial charge in [-0.15, -0.1) is 0 Å². The maximum absolute atomic E-state index is 14.4. The van der Waals surface area contributed by atoms with Gasteiger partial charge >= 0.3 is 0 Å². The summed E-state index contributed by atoms with van der Waals surface area (Å²) >= 11 is 0. The first-order valence-corrected chi connectivity index (χ1v) is 12.0. The summed E-state index contributed by atoms with van der Waals surface area (Å²) in [7, 11) is 0. The topological polar surface area (TPSA) is 38.5 Å². The summed E-state index contributed by atoms with van der Waals surface area (Å²) in [6.07, 6.45) is 1.91. The van der Waals surface area contributed by atoms with Gasteiger partial charge in [-0.05, 0) is 29.5 Å². The number of ketones is 2. The molecule has 0 N–H and O–H groups in total. The van der Waals surface area contributed by atoms with E-state index in [4.69, 9.17) is 0 Å². The van der Waals surface area contributed by atoms with E-state index in [1.807, 2.05) is 133 Å². The Morgan fingerprint density at radius 3 is 2.03 bits per heavy atom. The van der Waals surface area contributed by atoms with Crippen LogP contribution in [-0.4, -0.2) is 16.0 Å². The highest BCUT2D eigenvalue weighted by atomic mass is 16.1. The fourth-order valence-electron chi connectivity index (χ4n) is 5.03. The van der Waals surface area contributed by atoms with E-state index in [1.165, 1.54) is 0 Å². The average molecular weight is 466 g/mol. The second kappa shape index (κ2) is 8.79. The molecule has 0 atom stereocenters. The molecule has 2 aromatic heterocycles. The predicted molar refractivity (Wildman–Crippen MR) is 145 cm³/mol. The van der Waals surface area contributed by atoms with Gasteiger partial charge in [0.05, 0.1) is 11.1 Å². The van der Waals surface area contributed by atoms with Gasteiger partial charge in [0.2, 0.25) is 5.78 Å². The fourth-order valence-corrected chi connectivity index (χ4v) is 5.03. The Kier molecular flexibility index (Phi) is 5.31. The zero-order valence-electron chi connectivity index (χ0n) is 19.8. The lowest BCUT2D eigenvalue weighted by molar-refractivity contribution is 0.103. The monoisotopic (exact) mass is 465 g/mol. The van der Waals surface area contributed by atoms with Crippen molar-refractivity contribution in [3.05, 3.63) is 149 Å². The third-order valence-electron chi connectivity index (χ3n) is 6.75. The van der Waals surface area contributed by atoms with Crippen LogP contribution in [0.5, 0.6) is 0 Å². The Morgan fingerprint density at radius 1 is 0.639 bits per heavy atom. The summed E-state index contributed by atoms with van der Waals surface area (Å²) in [4.78, 5) is 28.5. The molecule has 3 heteroatoms. The number of fused-ring (bicyclic) bond motifs is 3. The summed E-state index contributed by atoms with van der Waals surface area (Å²) in [6.45, 7) is 1.95. The summed E-state index contributed by atoms with van der Waals surface area (Å²) in [5.74, 6) is -0.212. The number of rotatable bonds is 5. The van der Waals surface area contributed by atoms with Crippen LogP contribution in [0.25, 0.3) is 27.4 Å². The van der Waals surface area contributed by atoms with Crippen LogP contribution in [0, 0.1) is 6.92 Å². The highest BCUT2D eigenvalue weighted by molar-refractivity contribution is 6.26. The van der Waals surface area contributed by atoms with Crippen LogP contribution in [0.3, 0.4) is 0 Å². The molecule has 172 valence electrons. The molecule has 6 aromatic rings. The Balaban J connectivity index is 1.80. The number of aryl methyl sites for hydroxylation is 1. The summed E-state index contributed by atoms with van der Waals surface area (Å²) in [6, 6.07) is 36.6. The Bertz CT molecular complexity index is 1760. The third kappa shape index (κ3) is 3.45. The van der Waals surface area contributed by atoms with Crippen molar-refractivity contribution in [3.8, 4) is 11.1 Å². The Hall–Kier alpha value is -4.76. The molecule has 0 unspecified atom stereocenters. The molecule has 0 saturated carbocycles. The van der Waals surface area contributed by atoms with Crippen LogP contribution in [-0.2, 0) is 0 Å². The van der Waals surface area contributed by atoms with E-state index in [0.29, 0.717) is 27.9 Å². The zero-order valence-corrected chi connectivity index (χ0v) is 19.8. The van der Waals surface area contributed by atoms with Crippen LogP contribution < -0.4 is 0 Å². The second-order valence-corrected chi connectivity index (χ2v) is 8.93. The van der Waals surface area contributed by atoms with E-state index in [9.17, 15) is 9.59 Å². The minimum absolute atomic E-state index is 0.0899. The molecule has 0 bridgehead atoms. The number of hydrogen-bond donors (Lipinski definition) is 0. The van der Waals surface area contributed by atoms with Gasteiger partial charge in [0.25, 0.3) is 0 Å². The lowest BCUT2D eigenvalue weighted by Gasteiger charge is -2.09. The molecule has 0 saturated heterocycles. The van der Waals surface area contributed by atoms with E-state index < -0.39 is 0 Å². The maximum Gasteiger partial charge on any atom is 0.210 e. The number of pyridine rings is 1. The average Bonchev–Trinajstić information content (AvgIpc) is 3.29. The molecule has 6 rings (SSSR count). The number of hydrogen-bond acceptors (Lipinski definition) is 2. The molecular weight excluding hydrogens is 442 g/mol. The van der Waals surface area contributed by atoms with E-state index in [1.54, 1.807) is 0 Å². The Labute approximate surface area is 209 Å².